The monoisotopic (exact) mass is 280 g/mol. The fourth-order valence-corrected chi connectivity index (χ4v) is 2.53. The van der Waals surface area contributed by atoms with Gasteiger partial charge in [-0.2, -0.15) is 0 Å². The number of rotatable bonds is 4. The van der Waals surface area contributed by atoms with E-state index < -0.39 is 5.82 Å². The lowest BCUT2D eigenvalue weighted by atomic mass is 10.1. The highest BCUT2D eigenvalue weighted by Crippen LogP contribution is 2.11. The van der Waals surface area contributed by atoms with Crippen LogP contribution in [0.25, 0.3) is 0 Å². The summed E-state index contributed by atoms with van der Waals surface area (Å²) in [5, 5.41) is 0. The number of carbonyl (C=O) groups is 1. The van der Waals surface area contributed by atoms with Gasteiger partial charge in [0.05, 0.1) is 6.20 Å². The average Bonchev–Trinajstić information content (AvgIpc) is 2.49. The fraction of sp³-hybridized carbons (Fsp3) is 0.571. The van der Waals surface area contributed by atoms with Crippen LogP contribution in [-0.4, -0.2) is 59.5 Å². The highest BCUT2D eigenvalue weighted by Gasteiger charge is 2.25. The summed E-state index contributed by atoms with van der Waals surface area (Å²) in [5.74, 6) is -0.564. The van der Waals surface area contributed by atoms with Crippen molar-refractivity contribution >= 4 is 5.91 Å². The molecule has 1 aliphatic rings. The highest BCUT2D eigenvalue weighted by molar-refractivity contribution is 5.92. The molecule has 5 nitrogen and oxygen atoms in total. The van der Waals surface area contributed by atoms with Crippen LogP contribution in [0.15, 0.2) is 18.3 Å². The lowest BCUT2D eigenvalue weighted by Crippen LogP contribution is -2.53. The van der Waals surface area contributed by atoms with Crippen molar-refractivity contribution < 1.29 is 9.18 Å². The maximum Gasteiger partial charge on any atom is 0.272 e. The molecule has 1 aromatic rings. The molecule has 0 aliphatic carbocycles. The first kappa shape index (κ1) is 14.9. The molecule has 0 spiro atoms. The molecule has 1 aromatic heterocycles. The van der Waals surface area contributed by atoms with Crippen LogP contribution >= 0.6 is 0 Å². The van der Waals surface area contributed by atoms with Crippen LogP contribution in [0.3, 0.4) is 0 Å². The average molecular weight is 280 g/mol. The van der Waals surface area contributed by atoms with Gasteiger partial charge in [0.25, 0.3) is 5.91 Å². The number of pyridine rings is 1. The third kappa shape index (κ3) is 3.32. The van der Waals surface area contributed by atoms with E-state index in [1.165, 1.54) is 12.1 Å². The summed E-state index contributed by atoms with van der Waals surface area (Å²) >= 11 is 0. The van der Waals surface area contributed by atoms with Crippen LogP contribution in [0.4, 0.5) is 4.39 Å². The zero-order chi connectivity index (χ0) is 14.5. The predicted octanol–water partition coefficient (Wildman–Crippen LogP) is 0.716. The molecule has 20 heavy (non-hydrogen) atoms. The molecule has 2 N–H and O–H groups in total. The lowest BCUT2D eigenvalue weighted by Gasteiger charge is -2.38. The van der Waals surface area contributed by atoms with E-state index in [0.29, 0.717) is 31.4 Å². The van der Waals surface area contributed by atoms with Crippen molar-refractivity contribution in [3.8, 4) is 0 Å². The maximum absolute atomic E-state index is 12.8. The third-order valence-corrected chi connectivity index (χ3v) is 3.81. The van der Waals surface area contributed by atoms with Crippen molar-refractivity contribution in [2.75, 3.05) is 32.7 Å². The summed E-state index contributed by atoms with van der Waals surface area (Å²) in [4.78, 5) is 20.1. The van der Waals surface area contributed by atoms with Gasteiger partial charge < -0.3 is 10.6 Å². The SMILES string of the molecule is CCC(CN)N1CCN(C(=O)c2ccc(F)cn2)CC1. The number of aromatic nitrogens is 1. The Bertz CT molecular complexity index is 439. The van der Waals surface area contributed by atoms with E-state index in [1.54, 1.807) is 4.90 Å². The van der Waals surface area contributed by atoms with Gasteiger partial charge >= 0.3 is 0 Å². The molecular weight excluding hydrogens is 259 g/mol. The maximum atomic E-state index is 12.8. The van der Waals surface area contributed by atoms with Crippen molar-refractivity contribution in [3.63, 3.8) is 0 Å². The number of hydrogen-bond acceptors (Lipinski definition) is 4. The van der Waals surface area contributed by atoms with E-state index in [2.05, 4.69) is 16.8 Å². The molecule has 1 saturated heterocycles. The number of carbonyl (C=O) groups excluding carboxylic acids is 1. The van der Waals surface area contributed by atoms with Crippen LogP contribution in [0.2, 0.25) is 0 Å². The summed E-state index contributed by atoms with van der Waals surface area (Å²) in [5.41, 5.74) is 6.04. The molecule has 1 unspecified atom stereocenters. The van der Waals surface area contributed by atoms with Crippen molar-refractivity contribution in [3.05, 3.63) is 29.8 Å². The minimum absolute atomic E-state index is 0.134. The Morgan fingerprint density at radius 3 is 2.60 bits per heavy atom. The predicted molar refractivity (Wildman–Crippen MR) is 74.8 cm³/mol. The van der Waals surface area contributed by atoms with Gasteiger partial charge in [0.15, 0.2) is 0 Å². The normalized spacial score (nSPS) is 18.1. The van der Waals surface area contributed by atoms with Crippen molar-refractivity contribution in [1.29, 1.82) is 0 Å². The zero-order valence-corrected chi connectivity index (χ0v) is 11.8. The second-order valence-corrected chi connectivity index (χ2v) is 4.99. The second kappa shape index (κ2) is 6.76. The largest absolute Gasteiger partial charge is 0.335 e. The number of amides is 1. The van der Waals surface area contributed by atoms with Crippen LogP contribution in [0.1, 0.15) is 23.8 Å². The second-order valence-electron chi connectivity index (χ2n) is 4.99. The first-order chi connectivity index (χ1) is 9.65. The topological polar surface area (TPSA) is 62.5 Å². The van der Waals surface area contributed by atoms with Crippen LogP contribution in [0.5, 0.6) is 0 Å². The molecule has 1 aliphatic heterocycles. The molecule has 0 saturated carbocycles. The summed E-state index contributed by atoms with van der Waals surface area (Å²) < 4.78 is 12.8. The van der Waals surface area contributed by atoms with Crippen molar-refractivity contribution in [2.45, 2.75) is 19.4 Å². The Kier molecular flexibility index (Phi) is 5.03. The van der Waals surface area contributed by atoms with Crippen LogP contribution in [0, 0.1) is 5.82 Å². The van der Waals surface area contributed by atoms with Gasteiger partial charge in [-0.25, -0.2) is 9.37 Å². The van der Waals surface area contributed by atoms with E-state index in [0.717, 1.165) is 25.7 Å². The number of nitrogens with zero attached hydrogens (tertiary/aromatic N) is 3. The molecule has 2 rings (SSSR count). The Morgan fingerprint density at radius 1 is 1.40 bits per heavy atom. The van der Waals surface area contributed by atoms with Gasteiger partial charge in [0, 0.05) is 38.8 Å². The molecule has 1 fully saturated rings. The first-order valence-corrected chi connectivity index (χ1v) is 7.00. The molecular formula is C14H21FN4O. The highest BCUT2D eigenvalue weighted by atomic mass is 19.1. The number of piperazine rings is 1. The summed E-state index contributed by atoms with van der Waals surface area (Å²) in [6, 6.07) is 3.08. The van der Waals surface area contributed by atoms with Crippen molar-refractivity contribution in [1.82, 2.24) is 14.8 Å². The summed E-state index contributed by atoms with van der Waals surface area (Å²) in [6.45, 7) is 5.73. The minimum Gasteiger partial charge on any atom is -0.335 e. The van der Waals surface area contributed by atoms with E-state index in [-0.39, 0.29) is 5.91 Å². The smallest absolute Gasteiger partial charge is 0.272 e. The van der Waals surface area contributed by atoms with Crippen molar-refractivity contribution in [2.24, 2.45) is 5.73 Å². The standard InChI is InChI=1S/C14H21FN4O/c1-2-12(9-16)18-5-7-19(8-6-18)14(20)13-4-3-11(15)10-17-13/h3-4,10,12H,2,5-9,16H2,1H3. The lowest BCUT2D eigenvalue weighted by molar-refractivity contribution is 0.0566. The Balaban J connectivity index is 1.93. The molecule has 6 heteroatoms. The third-order valence-electron chi connectivity index (χ3n) is 3.81. The Hall–Kier alpha value is -1.53. The van der Waals surface area contributed by atoms with Crippen LogP contribution < -0.4 is 5.73 Å². The molecule has 0 radical (unpaired) electrons. The zero-order valence-electron chi connectivity index (χ0n) is 11.8. The molecule has 110 valence electrons. The van der Waals surface area contributed by atoms with Gasteiger partial charge in [-0.05, 0) is 18.6 Å². The molecule has 0 aromatic carbocycles. The van der Waals surface area contributed by atoms with Gasteiger partial charge in [-0.3, -0.25) is 9.69 Å². The summed E-state index contributed by atoms with van der Waals surface area (Å²) in [7, 11) is 0. The number of halogens is 1. The molecule has 1 amide bonds. The summed E-state index contributed by atoms with van der Waals surface area (Å²) in [6.07, 6.45) is 2.09. The van der Waals surface area contributed by atoms with E-state index in [1.807, 2.05) is 0 Å². The fourth-order valence-electron chi connectivity index (χ4n) is 2.53. The Labute approximate surface area is 118 Å². The molecule has 2 heterocycles. The van der Waals surface area contributed by atoms with E-state index in [9.17, 15) is 9.18 Å². The van der Waals surface area contributed by atoms with Crippen LogP contribution in [-0.2, 0) is 0 Å². The van der Waals surface area contributed by atoms with E-state index in [4.69, 9.17) is 5.73 Å². The van der Waals surface area contributed by atoms with Gasteiger partial charge in [-0.1, -0.05) is 6.92 Å². The first-order valence-electron chi connectivity index (χ1n) is 7.00. The quantitative estimate of drug-likeness (QED) is 0.882. The molecule has 0 bridgehead atoms. The van der Waals surface area contributed by atoms with E-state index >= 15 is 0 Å². The number of hydrogen-bond donors (Lipinski definition) is 1. The minimum atomic E-state index is -0.430. The molecule has 1 atom stereocenters. The van der Waals surface area contributed by atoms with Gasteiger partial charge in [0.2, 0.25) is 0 Å². The van der Waals surface area contributed by atoms with Gasteiger partial charge in [-0.15, -0.1) is 0 Å². The Morgan fingerprint density at radius 2 is 2.10 bits per heavy atom. The van der Waals surface area contributed by atoms with Gasteiger partial charge in [0.1, 0.15) is 11.5 Å². The number of nitrogens with two attached hydrogens (primary N) is 1.